The first-order valence-electron chi connectivity index (χ1n) is 12.9. The van der Waals surface area contributed by atoms with Crippen molar-refractivity contribution in [3.8, 4) is 0 Å². The summed E-state index contributed by atoms with van der Waals surface area (Å²) in [4.78, 5) is 12.1. The largest absolute Gasteiger partial charge is 0.459 e. The quantitative estimate of drug-likeness (QED) is 0.288. The highest BCUT2D eigenvalue weighted by molar-refractivity contribution is 5.89. The molecule has 0 bridgehead atoms. The lowest BCUT2D eigenvalue weighted by molar-refractivity contribution is -0.0990. The fourth-order valence-corrected chi connectivity index (χ4v) is 4.87. The Labute approximate surface area is 193 Å². The molecule has 1 N–H and O–H groups in total. The van der Waals surface area contributed by atoms with Crippen molar-refractivity contribution in [2.24, 2.45) is 0 Å². The number of aliphatic hydroxyl groups is 1. The van der Waals surface area contributed by atoms with Crippen molar-refractivity contribution in [3.05, 3.63) is 35.9 Å². The number of aliphatic hydroxyl groups excluding tert-OH is 1. The molecule has 2 heterocycles. The highest BCUT2D eigenvalue weighted by Crippen LogP contribution is 2.33. The third-order valence-electron chi connectivity index (χ3n) is 6.83. The first-order chi connectivity index (χ1) is 15.7. The van der Waals surface area contributed by atoms with Crippen molar-refractivity contribution in [2.75, 3.05) is 6.61 Å². The van der Waals surface area contributed by atoms with Gasteiger partial charge in [-0.15, -0.1) is 0 Å². The van der Waals surface area contributed by atoms with E-state index in [0.717, 1.165) is 38.5 Å². The van der Waals surface area contributed by atoms with Crippen LogP contribution in [-0.4, -0.2) is 48.2 Å². The summed E-state index contributed by atoms with van der Waals surface area (Å²) < 4.78 is 17.7. The zero-order valence-electron chi connectivity index (χ0n) is 19.8. The monoisotopic (exact) mass is 446 g/mol. The fraction of sp³-hybridized carbons (Fsp3) is 0.741. The van der Waals surface area contributed by atoms with Gasteiger partial charge in [0, 0.05) is 0 Å². The van der Waals surface area contributed by atoms with Crippen LogP contribution < -0.4 is 0 Å². The van der Waals surface area contributed by atoms with Crippen molar-refractivity contribution >= 4 is 5.97 Å². The molecule has 32 heavy (non-hydrogen) atoms. The molecule has 1 aromatic carbocycles. The maximum absolute atomic E-state index is 12.1. The summed E-state index contributed by atoms with van der Waals surface area (Å²) in [7, 11) is 0. The zero-order valence-corrected chi connectivity index (χ0v) is 19.8. The van der Waals surface area contributed by atoms with Crippen LogP contribution in [0.2, 0.25) is 0 Å². The molecule has 0 spiro atoms. The minimum absolute atomic E-state index is 0.0377. The molecule has 0 aromatic heterocycles. The smallest absolute Gasteiger partial charge is 0.338 e. The van der Waals surface area contributed by atoms with Crippen LogP contribution in [0.25, 0.3) is 0 Å². The lowest BCUT2D eigenvalue weighted by Crippen LogP contribution is -2.31. The average molecular weight is 447 g/mol. The van der Waals surface area contributed by atoms with Gasteiger partial charge in [-0.2, -0.15) is 0 Å². The van der Waals surface area contributed by atoms with Crippen LogP contribution in [0.1, 0.15) is 101 Å². The molecule has 0 amide bonds. The maximum atomic E-state index is 12.1. The lowest BCUT2D eigenvalue weighted by Gasteiger charge is -2.23. The Kier molecular flexibility index (Phi) is 11.0. The van der Waals surface area contributed by atoms with Gasteiger partial charge in [0.15, 0.2) is 0 Å². The van der Waals surface area contributed by atoms with E-state index in [-0.39, 0.29) is 43.1 Å². The van der Waals surface area contributed by atoms with Crippen LogP contribution in [0, 0.1) is 0 Å². The van der Waals surface area contributed by atoms with Crippen molar-refractivity contribution in [1.82, 2.24) is 0 Å². The summed E-state index contributed by atoms with van der Waals surface area (Å²) in [5, 5.41) is 10.6. The summed E-state index contributed by atoms with van der Waals surface area (Å²) >= 11 is 0. The van der Waals surface area contributed by atoms with Crippen LogP contribution in [-0.2, 0) is 14.2 Å². The number of unbranched alkanes of at least 4 members (excludes halogenated alkanes) is 7. The Morgan fingerprint density at radius 1 is 0.938 bits per heavy atom. The van der Waals surface area contributed by atoms with Gasteiger partial charge in [-0.3, -0.25) is 0 Å². The Morgan fingerprint density at radius 3 is 2.34 bits per heavy atom. The van der Waals surface area contributed by atoms with E-state index in [4.69, 9.17) is 14.2 Å². The zero-order chi connectivity index (χ0) is 22.6. The number of esters is 1. The normalized spacial score (nSPS) is 26.3. The van der Waals surface area contributed by atoms with E-state index >= 15 is 0 Å². The SMILES string of the molecule is CCCCCCCCCC[C@H](O)[C@H]1CC[C@@H]([C@@H]2CC[C@H](COC(=O)c3ccccc3)O2)O1. The van der Waals surface area contributed by atoms with Gasteiger partial charge in [0.25, 0.3) is 0 Å². The molecule has 2 aliphatic rings. The van der Waals surface area contributed by atoms with Crippen molar-refractivity contribution < 1.29 is 24.1 Å². The van der Waals surface area contributed by atoms with E-state index in [1.807, 2.05) is 18.2 Å². The van der Waals surface area contributed by atoms with Gasteiger partial charge in [0.1, 0.15) is 6.61 Å². The van der Waals surface area contributed by atoms with Gasteiger partial charge in [-0.25, -0.2) is 4.79 Å². The number of rotatable bonds is 14. The number of ether oxygens (including phenoxy) is 3. The summed E-state index contributed by atoms with van der Waals surface area (Å²) in [6.45, 7) is 2.53. The molecule has 2 saturated heterocycles. The average Bonchev–Trinajstić information content (AvgIpc) is 3.49. The number of carbonyl (C=O) groups excluding carboxylic acids is 1. The van der Waals surface area contributed by atoms with E-state index < -0.39 is 0 Å². The molecule has 0 unspecified atom stereocenters. The predicted molar refractivity (Wildman–Crippen MR) is 126 cm³/mol. The molecule has 5 heteroatoms. The highest BCUT2D eigenvalue weighted by atomic mass is 16.6. The Morgan fingerprint density at radius 2 is 1.59 bits per heavy atom. The van der Waals surface area contributed by atoms with Gasteiger partial charge in [-0.05, 0) is 44.2 Å². The number of hydrogen-bond donors (Lipinski definition) is 1. The minimum Gasteiger partial charge on any atom is -0.459 e. The van der Waals surface area contributed by atoms with Gasteiger partial charge >= 0.3 is 5.97 Å². The van der Waals surface area contributed by atoms with Crippen LogP contribution in [0.4, 0.5) is 0 Å². The third-order valence-corrected chi connectivity index (χ3v) is 6.83. The van der Waals surface area contributed by atoms with Gasteiger partial charge in [-0.1, -0.05) is 76.5 Å². The minimum atomic E-state index is -0.371. The van der Waals surface area contributed by atoms with E-state index in [1.54, 1.807) is 12.1 Å². The standard InChI is InChI=1S/C27H42O5/c1-2-3-4-5-6-7-8-12-15-23(28)24-18-19-26(32-24)25-17-16-22(31-25)20-30-27(29)21-13-10-9-11-14-21/h9-11,13-14,22-26,28H,2-8,12,15-20H2,1H3/t22-,23+,24-,25+,26+/m1/s1. The molecule has 0 aliphatic carbocycles. The molecule has 180 valence electrons. The van der Waals surface area contributed by atoms with E-state index in [2.05, 4.69) is 6.92 Å². The summed E-state index contributed by atoms with van der Waals surface area (Å²) in [6, 6.07) is 9.05. The highest BCUT2D eigenvalue weighted by Gasteiger charge is 2.39. The van der Waals surface area contributed by atoms with Crippen LogP contribution in [0.3, 0.4) is 0 Å². The Hall–Kier alpha value is -1.43. The molecule has 5 atom stereocenters. The first-order valence-corrected chi connectivity index (χ1v) is 12.9. The van der Waals surface area contributed by atoms with Gasteiger partial charge < -0.3 is 19.3 Å². The maximum Gasteiger partial charge on any atom is 0.338 e. The van der Waals surface area contributed by atoms with Crippen molar-refractivity contribution in [3.63, 3.8) is 0 Å². The molecule has 0 saturated carbocycles. The molecular weight excluding hydrogens is 404 g/mol. The second-order valence-corrected chi connectivity index (χ2v) is 9.46. The molecule has 5 nitrogen and oxygen atoms in total. The van der Waals surface area contributed by atoms with Crippen LogP contribution >= 0.6 is 0 Å². The van der Waals surface area contributed by atoms with Crippen LogP contribution in [0.15, 0.2) is 30.3 Å². The molecule has 0 radical (unpaired) electrons. The topological polar surface area (TPSA) is 65.0 Å². The number of hydrogen-bond acceptors (Lipinski definition) is 5. The van der Waals surface area contributed by atoms with Crippen LogP contribution in [0.5, 0.6) is 0 Å². The van der Waals surface area contributed by atoms with E-state index in [0.29, 0.717) is 5.56 Å². The van der Waals surface area contributed by atoms with Gasteiger partial charge in [0.2, 0.25) is 0 Å². The predicted octanol–water partition coefficient (Wildman–Crippen LogP) is 5.83. The Balaban J connectivity index is 1.27. The molecule has 2 fully saturated rings. The third kappa shape index (κ3) is 8.17. The second kappa shape index (κ2) is 14.0. The van der Waals surface area contributed by atoms with E-state index in [1.165, 1.54) is 44.9 Å². The second-order valence-electron chi connectivity index (χ2n) is 9.46. The first kappa shape index (κ1) is 25.2. The lowest BCUT2D eigenvalue weighted by atomic mass is 10.0. The molecule has 3 rings (SSSR count). The van der Waals surface area contributed by atoms with Gasteiger partial charge in [0.05, 0.1) is 36.1 Å². The Bertz CT molecular complexity index is 649. The molecule has 1 aromatic rings. The molecular formula is C27H42O5. The molecule has 2 aliphatic heterocycles. The summed E-state index contributed by atoms with van der Waals surface area (Å²) in [6.07, 6.45) is 14.2. The summed E-state index contributed by atoms with van der Waals surface area (Å²) in [5.41, 5.74) is 0.564. The number of benzene rings is 1. The number of carbonyl (C=O) groups is 1. The summed E-state index contributed by atoms with van der Waals surface area (Å²) in [5.74, 6) is -0.307. The van der Waals surface area contributed by atoms with E-state index in [9.17, 15) is 9.90 Å². The van der Waals surface area contributed by atoms with Crippen molar-refractivity contribution in [2.45, 2.75) is 121 Å². The fourth-order valence-electron chi connectivity index (χ4n) is 4.87. The van der Waals surface area contributed by atoms with Crippen molar-refractivity contribution in [1.29, 1.82) is 0 Å².